The first-order valence-corrected chi connectivity index (χ1v) is 35.1. The van der Waals surface area contributed by atoms with E-state index in [4.69, 9.17) is 13.8 Å². The van der Waals surface area contributed by atoms with E-state index in [1.165, 1.54) is 173 Å². The summed E-state index contributed by atoms with van der Waals surface area (Å²) in [4.78, 5) is 37.7. The summed E-state index contributed by atoms with van der Waals surface area (Å²) in [5, 5.41) is 3.05. The summed E-state index contributed by atoms with van der Waals surface area (Å²) in [7, 11) is 1.46. The van der Waals surface area contributed by atoms with Crippen LogP contribution >= 0.6 is 7.82 Å². The smallest absolute Gasteiger partial charge is 0.456 e. The van der Waals surface area contributed by atoms with Crippen LogP contribution in [-0.4, -0.2) is 74.3 Å². The van der Waals surface area contributed by atoms with Crippen molar-refractivity contribution in [1.29, 1.82) is 0 Å². The number of esters is 1. The number of carbonyl (C=O) groups excluding carboxylic acids is 2. The number of likely N-dealkylation sites (N-methyl/N-ethyl adjacent to an activating group) is 1. The summed E-state index contributed by atoms with van der Waals surface area (Å²) in [6.07, 6.45) is 81.4. The molecule has 0 aliphatic heterocycles. The van der Waals surface area contributed by atoms with Gasteiger partial charge in [-0.15, -0.1) is 0 Å². The number of nitrogens with one attached hydrogen (secondary N) is 1. The molecular formula is C71H128N2O7P+. The van der Waals surface area contributed by atoms with Gasteiger partial charge in [0.1, 0.15) is 19.3 Å². The van der Waals surface area contributed by atoms with Gasteiger partial charge in [0.15, 0.2) is 0 Å². The van der Waals surface area contributed by atoms with Crippen molar-refractivity contribution in [2.24, 2.45) is 0 Å². The number of unbranched alkanes of at least 4 members (excludes halogenated alkanes) is 30. The molecule has 0 aromatic rings. The topological polar surface area (TPSA) is 111 Å². The Balaban J connectivity index is 5.09. The molecule has 468 valence electrons. The van der Waals surface area contributed by atoms with Crippen LogP contribution in [0.3, 0.4) is 0 Å². The summed E-state index contributed by atoms with van der Waals surface area (Å²) < 4.78 is 30.7. The highest BCUT2D eigenvalue weighted by Crippen LogP contribution is 2.43. The molecule has 0 heterocycles. The van der Waals surface area contributed by atoms with Crippen molar-refractivity contribution in [3.8, 4) is 0 Å². The molecule has 0 radical (unpaired) electrons. The predicted molar refractivity (Wildman–Crippen MR) is 350 cm³/mol. The monoisotopic (exact) mass is 1150 g/mol. The molecule has 0 spiro atoms. The number of hydrogen-bond donors (Lipinski definition) is 2. The fourth-order valence-corrected chi connectivity index (χ4v) is 10.0. The zero-order chi connectivity index (χ0) is 59.3. The van der Waals surface area contributed by atoms with Gasteiger partial charge in [0.25, 0.3) is 0 Å². The Labute approximate surface area is 500 Å². The van der Waals surface area contributed by atoms with Crippen molar-refractivity contribution in [2.45, 2.75) is 303 Å². The lowest BCUT2D eigenvalue weighted by atomic mass is 10.0. The van der Waals surface area contributed by atoms with Crippen LogP contribution in [0.25, 0.3) is 0 Å². The zero-order valence-electron chi connectivity index (χ0n) is 53.5. The van der Waals surface area contributed by atoms with E-state index in [1.54, 1.807) is 0 Å². The van der Waals surface area contributed by atoms with Gasteiger partial charge >= 0.3 is 13.8 Å². The maximum atomic E-state index is 13.6. The molecule has 0 aromatic heterocycles. The highest BCUT2D eigenvalue weighted by atomic mass is 31.2. The van der Waals surface area contributed by atoms with Gasteiger partial charge < -0.3 is 19.4 Å². The second-order valence-electron chi connectivity index (χ2n) is 23.6. The Morgan fingerprint density at radius 1 is 0.432 bits per heavy atom. The minimum atomic E-state index is -4.47. The fraction of sp³-hybridized carbons (Fsp3) is 0.746. The second-order valence-corrected chi connectivity index (χ2v) is 25.1. The van der Waals surface area contributed by atoms with Gasteiger partial charge in [-0.3, -0.25) is 18.6 Å². The van der Waals surface area contributed by atoms with Crippen molar-refractivity contribution >= 4 is 19.7 Å². The molecule has 3 atom stereocenters. The Bertz CT molecular complexity index is 1710. The van der Waals surface area contributed by atoms with Crippen molar-refractivity contribution in [3.63, 3.8) is 0 Å². The normalized spacial score (nSPS) is 14.2. The molecule has 0 fully saturated rings. The third-order valence-electron chi connectivity index (χ3n) is 14.5. The first-order chi connectivity index (χ1) is 39.4. The minimum absolute atomic E-state index is 0.0284. The number of rotatable bonds is 60. The number of allylic oxidation sites excluding steroid dienone is 15. The standard InChI is InChI=1S/C71H127N2O7P/c1-7-10-13-16-19-22-25-27-29-31-32-33-34-35-36-37-38-39-40-42-43-45-48-51-54-57-60-63-70(74)72-68(67-79-81(76,77)78-66-65-73(4,5)6)69(62-59-56-53-50-47-24-21-18-15-12-9-3)80-71(75)64-61-58-55-52-49-46-44-41-30-28-26-23-20-17-14-11-8-2/h19-20,22-23,27-30,32-33,44,46,52,55,59,62,68-69H,7-18,21,24-26,31,34-43,45,47-51,53-54,56-58,60-61,63-67H2,1-6H3,(H-,72,74,76,77)/p+1/b22-19-,23-20-,29-27-,30-28-,33-32-,46-44-,55-52-,62-59-. The Hall–Kier alpha value is -3.07. The number of phosphoric ester groups is 1. The fourth-order valence-electron chi connectivity index (χ4n) is 9.29. The van der Waals surface area contributed by atoms with Crippen LogP contribution in [0.1, 0.15) is 290 Å². The van der Waals surface area contributed by atoms with Gasteiger partial charge in [-0.2, -0.15) is 0 Å². The number of carbonyl (C=O) groups is 2. The molecule has 10 heteroatoms. The molecule has 0 saturated carbocycles. The van der Waals surface area contributed by atoms with E-state index in [0.29, 0.717) is 23.9 Å². The minimum Gasteiger partial charge on any atom is -0.456 e. The lowest BCUT2D eigenvalue weighted by Gasteiger charge is -2.27. The van der Waals surface area contributed by atoms with E-state index in [1.807, 2.05) is 33.3 Å². The summed E-state index contributed by atoms with van der Waals surface area (Å²) in [6, 6.07) is -0.875. The van der Waals surface area contributed by atoms with Crippen molar-refractivity contribution in [3.05, 3.63) is 97.2 Å². The maximum absolute atomic E-state index is 13.6. The molecule has 0 aromatic carbocycles. The molecule has 0 aliphatic rings. The van der Waals surface area contributed by atoms with E-state index in [-0.39, 0.29) is 31.5 Å². The van der Waals surface area contributed by atoms with Crippen LogP contribution < -0.4 is 5.32 Å². The average molecular weight is 1150 g/mol. The van der Waals surface area contributed by atoms with Crippen LogP contribution in [-0.2, 0) is 27.9 Å². The van der Waals surface area contributed by atoms with Gasteiger partial charge in [-0.05, 0) is 109 Å². The van der Waals surface area contributed by atoms with Crippen LogP contribution in [0.4, 0.5) is 0 Å². The van der Waals surface area contributed by atoms with Crippen LogP contribution in [0.15, 0.2) is 97.2 Å². The number of amides is 1. The SMILES string of the molecule is CCCCC/C=C\C/C=C\C/C=C\C/C=C\CCCC(=O)OC(/C=C\CCCCCCCCCCC)C(COP(=O)(O)OCC[N+](C)(C)C)NC(=O)CCCCCCCCCCCCCCCC/C=C\C/C=C\C/C=C\CCCCC. The summed E-state index contributed by atoms with van der Waals surface area (Å²) in [6.45, 7) is 6.92. The van der Waals surface area contributed by atoms with E-state index >= 15 is 0 Å². The van der Waals surface area contributed by atoms with Crippen molar-refractivity contribution in [1.82, 2.24) is 5.32 Å². The molecule has 0 aliphatic carbocycles. The van der Waals surface area contributed by atoms with E-state index in [0.717, 1.165) is 77.0 Å². The number of ether oxygens (including phenoxy) is 1. The van der Waals surface area contributed by atoms with Crippen LogP contribution in [0.2, 0.25) is 0 Å². The van der Waals surface area contributed by atoms with Gasteiger partial charge in [0, 0.05) is 12.8 Å². The molecule has 3 unspecified atom stereocenters. The molecule has 0 saturated heterocycles. The molecule has 0 bridgehead atoms. The lowest BCUT2D eigenvalue weighted by molar-refractivity contribution is -0.870. The van der Waals surface area contributed by atoms with E-state index < -0.39 is 20.0 Å². The quantitative estimate of drug-likeness (QED) is 0.0205. The second kappa shape index (κ2) is 60.1. The van der Waals surface area contributed by atoms with E-state index in [2.05, 4.69) is 111 Å². The summed E-state index contributed by atoms with van der Waals surface area (Å²) in [5.74, 6) is -0.571. The number of quaternary nitrogens is 1. The van der Waals surface area contributed by atoms with Crippen molar-refractivity contribution < 1.29 is 37.3 Å². The third kappa shape index (κ3) is 61.3. The van der Waals surface area contributed by atoms with Gasteiger partial charge in [0.2, 0.25) is 5.91 Å². The van der Waals surface area contributed by atoms with Gasteiger partial charge in [0.05, 0.1) is 33.8 Å². The zero-order valence-corrected chi connectivity index (χ0v) is 54.4. The van der Waals surface area contributed by atoms with Crippen LogP contribution in [0, 0.1) is 0 Å². The van der Waals surface area contributed by atoms with Gasteiger partial charge in [-0.25, -0.2) is 4.57 Å². The highest BCUT2D eigenvalue weighted by molar-refractivity contribution is 7.47. The number of phosphoric acid groups is 1. The Morgan fingerprint density at radius 3 is 1.17 bits per heavy atom. The highest BCUT2D eigenvalue weighted by Gasteiger charge is 2.30. The molecule has 0 rings (SSSR count). The van der Waals surface area contributed by atoms with Crippen molar-refractivity contribution in [2.75, 3.05) is 40.9 Å². The predicted octanol–water partition coefficient (Wildman–Crippen LogP) is 21.1. The largest absolute Gasteiger partial charge is 0.472 e. The third-order valence-corrected chi connectivity index (χ3v) is 15.5. The van der Waals surface area contributed by atoms with E-state index in [9.17, 15) is 19.0 Å². The first-order valence-electron chi connectivity index (χ1n) is 33.6. The van der Waals surface area contributed by atoms with Gasteiger partial charge in [-0.1, -0.05) is 266 Å². The molecular weight excluding hydrogens is 1020 g/mol. The Kier molecular flexibility index (Phi) is 57.8. The average Bonchev–Trinajstić information content (AvgIpc) is 3.43. The molecule has 9 nitrogen and oxygen atoms in total. The summed E-state index contributed by atoms with van der Waals surface area (Å²) >= 11 is 0. The lowest BCUT2D eigenvalue weighted by Crippen LogP contribution is -2.47. The first kappa shape index (κ1) is 77.9. The maximum Gasteiger partial charge on any atom is 0.472 e. The van der Waals surface area contributed by atoms with Crippen LogP contribution in [0.5, 0.6) is 0 Å². The molecule has 1 amide bonds. The Morgan fingerprint density at radius 2 is 0.765 bits per heavy atom. The number of nitrogens with zero attached hydrogens (tertiary/aromatic N) is 1. The molecule has 81 heavy (non-hydrogen) atoms. The summed E-state index contributed by atoms with van der Waals surface area (Å²) in [5.41, 5.74) is 0. The molecule has 2 N–H and O–H groups in total. The number of hydrogen-bond acceptors (Lipinski definition) is 6.